The molecule has 7 nitrogen and oxygen atoms in total. The second-order valence-corrected chi connectivity index (χ2v) is 5.85. The number of fused-ring (bicyclic) bond motifs is 1. The molecule has 0 fully saturated rings. The molecular weight excluding hydrogens is 350 g/mol. The first-order chi connectivity index (χ1) is 13.1. The van der Waals surface area contributed by atoms with Crippen LogP contribution >= 0.6 is 0 Å². The summed E-state index contributed by atoms with van der Waals surface area (Å²) in [5.41, 5.74) is 1.72. The van der Waals surface area contributed by atoms with Crippen LogP contribution in [0.25, 0.3) is 0 Å². The molecule has 0 aromatic heterocycles. The predicted octanol–water partition coefficient (Wildman–Crippen LogP) is 2.58. The zero-order valence-electron chi connectivity index (χ0n) is 15.0. The molecular formula is C20H21NO6. The molecule has 0 atom stereocenters. The molecule has 142 valence electrons. The first kappa shape index (κ1) is 18.6. The molecule has 1 N–H and O–H groups in total. The van der Waals surface area contributed by atoms with Crippen molar-refractivity contribution in [3.05, 3.63) is 48.0 Å². The summed E-state index contributed by atoms with van der Waals surface area (Å²) in [4.78, 5) is 23.7. The minimum atomic E-state index is -0.619. The number of esters is 1. The molecule has 0 unspecified atom stereocenters. The molecule has 27 heavy (non-hydrogen) atoms. The fraction of sp³-hybridized carbons (Fsp3) is 0.300. The highest BCUT2D eigenvalue weighted by Crippen LogP contribution is 2.32. The zero-order chi connectivity index (χ0) is 19.1. The van der Waals surface area contributed by atoms with Crippen molar-refractivity contribution in [2.75, 3.05) is 31.7 Å². The third-order valence-electron chi connectivity index (χ3n) is 3.88. The highest BCUT2D eigenvalue weighted by atomic mass is 16.6. The van der Waals surface area contributed by atoms with Crippen LogP contribution in [0.4, 0.5) is 5.69 Å². The van der Waals surface area contributed by atoms with E-state index in [2.05, 4.69) is 12.2 Å². The van der Waals surface area contributed by atoms with Gasteiger partial charge in [-0.1, -0.05) is 19.1 Å². The Morgan fingerprint density at radius 2 is 1.74 bits per heavy atom. The van der Waals surface area contributed by atoms with Gasteiger partial charge in [0.2, 0.25) is 0 Å². The van der Waals surface area contributed by atoms with Crippen LogP contribution in [0.2, 0.25) is 0 Å². The second-order valence-electron chi connectivity index (χ2n) is 5.85. The molecule has 2 aromatic rings. The Bertz CT molecular complexity index is 803. The maximum atomic E-state index is 11.9. The molecule has 3 rings (SSSR count). The Balaban J connectivity index is 1.41. The summed E-state index contributed by atoms with van der Waals surface area (Å²) in [7, 11) is 0. The summed E-state index contributed by atoms with van der Waals surface area (Å²) < 4.78 is 21.1. The van der Waals surface area contributed by atoms with Gasteiger partial charge in [-0.05, 0) is 36.2 Å². The molecule has 1 aliphatic heterocycles. The molecule has 7 heteroatoms. The molecule has 0 saturated carbocycles. The van der Waals surface area contributed by atoms with Crippen molar-refractivity contribution >= 4 is 17.6 Å². The average molecular weight is 371 g/mol. The van der Waals surface area contributed by atoms with E-state index >= 15 is 0 Å². The number of aryl methyl sites for hydroxylation is 1. The molecule has 1 aliphatic rings. The number of carbonyl (C=O) groups excluding carboxylic acids is 2. The zero-order valence-corrected chi connectivity index (χ0v) is 15.0. The van der Waals surface area contributed by atoms with Gasteiger partial charge in [0.05, 0.1) is 0 Å². The molecule has 0 aliphatic carbocycles. The summed E-state index contributed by atoms with van der Waals surface area (Å²) in [6, 6.07) is 12.5. The van der Waals surface area contributed by atoms with Gasteiger partial charge in [0.15, 0.2) is 24.7 Å². The normalized spacial score (nSPS) is 12.2. The standard InChI is InChI=1S/C20H21NO6/c1-2-14-3-6-16(7-4-14)26-13-20(23)27-12-19(22)21-15-5-8-17-18(11-15)25-10-9-24-17/h3-8,11H,2,9-10,12-13H2,1H3,(H,21,22). The van der Waals surface area contributed by atoms with E-state index in [-0.39, 0.29) is 6.61 Å². The van der Waals surface area contributed by atoms with Crippen LogP contribution in [0.3, 0.4) is 0 Å². The van der Waals surface area contributed by atoms with Crippen LogP contribution in [-0.4, -0.2) is 38.3 Å². The van der Waals surface area contributed by atoms with Gasteiger partial charge in [-0.2, -0.15) is 0 Å². The van der Waals surface area contributed by atoms with E-state index in [0.717, 1.165) is 6.42 Å². The molecule has 1 heterocycles. The van der Waals surface area contributed by atoms with E-state index < -0.39 is 18.5 Å². The molecule has 0 saturated heterocycles. The fourth-order valence-electron chi connectivity index (χ4n) is 2.47. The van der Waals surface area contributed by atoms with Crippen LogP contribution in [0, 0.1) is 0 Å². The third-order valence-corrected chi connectivity index (χ3v) is 3.88. The van der Waals surface area contributed by atoms with E-state index in [4.69, 9.17) is 18.9 Å². The van der Waals surface area contributed by atoms with E-state index in [1.54, 1.807) is 30.3 Å². The monoisotopic (exact) mass is 371 g/mol. The molecule has 0 radical (unpaired) electrons. The lowest BCUT2D eigenvalue weighted by Gasteiger charge is -2.19. The van der Waals surface area contributed by atoms with Crippen molar-refractivity contribution in [3.63, 3.8) is 0 Å². The Kier molecular flexibility index (Phi) is 6.14. The quantitative estimate of drug-likeness (QED) is 0.754. The number of anilines is 1. The minimum absolute atomic E-state index is 0.261. The van der Waals surface area contributed by atoms with Gasteiger partial charge >= 0.3 is 5.97 Å². The lowest BCUT2D eigenvalue weighted by Crippen LogP contribution is -2.23. The van der Waals surface area contributed by atoms with E-state index in [0.29, 0.717) is 36.1 Å². The van der Waals surface area contributed by atoms with Crippen LogP contribution in [-0.2, 0) is 20.7 Å². The molecule has 2 aromatic carbocycles. The summed E-state index contributed by atoms with van der Waals surface area (Å²) in [5.74, 6) is 0.706. The Labute approximate surface area is 157 Å². The number of hydrogen-bond donors (Lipinski definition) is 1. The Morgan fingerprint density at radius 1 is 1.00 bits per heavy atom. The topological polar surface area (TPSA) is 83.1 Å². The van der Waals surface area contributed by atoms with E-state index in [1.165, 1.54) is 5.56 Å². The fourth-order valence-corrected chi connectivity index (χ4v) is 2.47. The van der Waals surface area contributed by atoms with E-state index in [1.807, 2.05) is 12.1 Å². The summed E-state index contributed by atoms with van der Waals surface area (Å²) in [5, 5.41) is 2.64. The first-order valence-electron chi connectivity index (χ1n) is 8.71. The highest BCUT2D eigenvalue weighted by molar-refractivity contribution is 5.93. The van der Waals surface area contributed by atoms with Gasteiger partial charge in [0, 0.05) is 11.8 Å². The predicted molar refractivity (Wildman–Crippen MR) is 98.3 cm³/mol. The average Bonchev–Trinajstić information content (AvgIpc) is 2.71. The molecule has 1 amide bonds. The van der Waals surface area contributed by atoms with E-state index in [9.17, 15) is 9.59 Å². The largest absolute Gasteiger partial charge is 0.486 e. The van der Waals surface area contributed by atoms with Gasteiger partial charge in [0.25, 0.3) is 5.91 Å². The number of rotatable bonds is 7. The Morgan fingerprint density at radius 3 is 2.48 bits per heavy atom. The van der Waals surface area contributed by atoms with Crippen LogP contribution < -0.4 is 19.5 Å². The van der Waals surface area contributed by atoms with Crippen LogP contribution in [0.5, 0.6) is 17.2 Å². The molecule has 0 bridgehead atoms. The Hall–Kier alpha value is -3.22. The summed E-state index contributed by atoms with van der Waals surface area (Å²) in [6.07, 6.45) is 0.931. The van der Waals surface area contributed by atoms with Crippen molar-refractivity contribution in [3.8, 4) is 17.2 Å². The summed E-state index contributed by atoms with van der Waals surface area (Å²) >= 11 is 0. The second kappa shape index (κ2) is 8.93. The number of benzene rings is 2. The number of ether oxygens (including phenoxy) is 4. The van der Waals surface area contributed by atoms with Gasteiger partial charge in [0.1, 0.15) is 19.0 Å². The third kappa shape index (κ3) is 5.37. The minimum Gasteiger partial charge on any atom is -0.486 e. The lowest BCUT2D eigenvalue weighted by molar-refractivity contribution is -0.149. The maximum Gasteiger partial charge on any atom is 0.344 e. The SMILES string of the molecule is CCc1ccc(OCC(=O)OCC(=O)Nc2ccc3c(c2)OCCO3)cc1. The van der Waals surface area contributed by atoms with Crippen molar-refractivity contribution < 1.29 is 28.5 Å². The number of nitrogens with one attached hydrogen (secondary N) is 1. The number of hydrogen-bond acceptors (Lipinski definition) is 6. The van der Waals surface area contributed by atoms with Gasteiger partial charge < -0.3 is 24.3 Å². The smallest absolute Gasteiger partial charge is 0.344 e. The van der Waals surface area contributed by atoms with Crippen molar-refractivity contribution in [2.45, 2.75) is 13.3 Å². The van der Waals surface area contributed by atoms with Crippen molar-refractivity contribution in [1.29, 1.82) is 0 Å². The first-order valence-corrected chi connectivity index (χ1v) is 8.71. The maximum absolute atomic E-state index is 11.9. The number of amides is 1. The van der Waals surface area contributed by atoms with Crippen LogP contribution in [0.1, 0.15) is 12.5 Å². The van der Waals surface area contributed by atoms with Crippen LogP contribution in [0.15, 0.2) is 42.5 Å². The lowest BCUT2D eigenvalue weighted by atomic mass is 10.2. The van der Waals surface area contributed by atoms with Gasteiger partial charge in [-0.3, -0.25) is 4.79 Å². The van der Waals surface area contributed by atoms with Crippen molar-refractivity contribution in [2.24, 2.45) is 0 Å². The molecule has 0 spiro atoms. The van der Waals surface area contributed by atoms with Gasteiger partial charge in [-0.15, -0.1) is 0 Å². The van der Waals surface area contributed by atoms with Crippen molar-refractivity contribution in [1.82, 2.24) is 0 Å². The highest BCUT2D eigenvalue weighted by Gasteiger charge is 2.14. The number of carbonyl (C=O) groups is 2. The van der Waals surface area contributed by atoms with Gasteiger partial charge in [-0.25, -0.2) is 4.79 Å². The summed E-state index contributed by atoms with van der Waals surface area (Å²) in [6.45, 7) is 2.36.